The molecule has 0 bridgehead atoms. The Labute approximate surface area is 168 Å². The number of carbonyl (C=O) groups excluding carboxylic acids is 1. The van der Waals surface area contributed by atoms with E-state index in [0.717, 1.165) is 24.2 Å². The second kappa shape index (κ2) is 7.54. The monoisotopic (exact) mass is 393 g/mol. The molecule has 8 nitrogen and oxygen atoms in total. The Balaban J connectivity index is 1.57. The Kier molecular flexibility index (Phi) is 4.92. The predicted molar refractivity (Wildman–Crippen MR) is 109 cm³/mol. The summed E-state index contributed by atoms with van der Waals surface area (Å²) in [6.45, 7) is 4.57. The molecule has 1 aromatic carbocycles. The van der Waals surface area contributed by atoms with E-state index in [-0.39, 0.29) is 5.78 Å². The van der Waals surface area contributed by atoms with Gasteiger partial charge in [-0.2, -0.15) is 4.98 Å². The lowest BCUT2D eigenvalue weighted by molar-refractivity contribution is -0.124. The van der Waals surface area contributed by atoms with Crippen LogP contribution in [-0.4, -0.2) is 39.9 Å². The molecule has 3 heterocycles. The Hall–Kier alpha value is -3.42. The summed E-state index contributed by atoms with van der Waals surface area (Å²) in [5, 5.41) is 3.16. The number of aromatic nitrogens is 3. The van der Waals surface area contributed by atoms with E-state index in [2.05, 4.69) is 20.3 Å². The summed E-state index contributed by atoms with van der Waals surface area (Å²) < 4.78 is 11.1. The Morgan fingerprint density at radius 2 is 2.10 bits per heavy atom. The standard InChI is InChI=1S/C21H23N5O3/c1-21(2)17(27)8-5-11-26(21)20-23-13-16(29-20)14-6-4-7-15(12-14)24-19-22-10-9-18(25-19)28-3/h4,6-7,9-10,12-13H,5,8,11H2,1-3H3,(H,22,24,25). The Morgan fingerprint density at radius 1 is 1.24 bits per heavy atom. The van der Waals surface area contributed by atoms with Gasteiger partial charge in [0.1, 0.15) is 0 Å². The summed E-state index contributed by atoms with van der Waals surface area (Å²) in [6, 6.07) is 9.84. The zero-order valence-corrected chi connectivity index (χ0v) is 16.7. The third-order valence-electron chi connectivity index (χ3n) is 5.11. The lowest BCUT2D eigenvalue weighted by atomic mass is 9.89. The van der Waals surface area contributed by atoms with E-state index >= 15 is 0 Å². The summed E-state index contributed by atoms with van der Waals surface area (Å²) in [5.74, 6) is 1.75. The second-order valence-electron chi connectivity index (χ2n) is 7.37. The number of piperidine rings is 1. The molecule has 1 saturated heterocycles. The van der Waals surface area contributed by atoms with Crippen LogP contribution in [0.25, 0.3) is 11.3 Å². The second-order valence-corrected chi connectivity index (χ2v) is 7.37. The van der Waals surface area contributed by atoms with Gasteiger partial charge in [0.2, 0.25) is 11.8 Å². The molecule has 150 valence electrons. The van der Waals surface area contributed by atoms with Crippen molar-refractivity contribution in [2.75, 3.05) is 23.9 Å². The van der Waals surface area contributed by atoms with E-state index in [1.807, 2.05) is 43.0 Å². The molecule has 1 N–H and O–H groups in total. The van der Waals surface area contributed by atoms with Gasteiger partial charge in [-0.05, 0) is 32.4 Å². The molecule has 0 atom stereocenters. The number of ether oxygens (including phenoxy) is 1. The van der Waals surface area contributed by atoms with Gasteiger partial charge >= 0.3 is 0 Å². The Bertz CT molecular complexity index is 1030. The van der Waals surface area contributed by atoms with E-state index in [1.165, 1.54) is 0 Å². The van der Waals surface area contributed by atoms with Gasteiger partial charge < -0.3 is 19.4 Å². The number of anilines is 3. The van der Waals surface area contributed by atoms with Crippen molar-refractivity contribution >= 4 is 23.4 Å². The third-order valence-corrected chi connectivity index (χ3v) is 5.11. The first kappa shape index (κ1) is 18.9. The van der Waals surface area contributed by atoms with Crippen LogP contribution in [0, 0.1) is 0 Å². The third kappa shape index (κ3) is 3.78. The number of Topliss-reactive ketones (excluding diaryl/α,β-unsaturated/α-hetero) is 1. The maximum Gasteiger partial charge on any atom is 0.298 e. The normalized spacial score (nSPS) is 16.0. The highest BCUT2D eigenvalue weighted by Crippen LogP contribution is 2.33. The predicted octanol–water partition coefficient (Wildman–Crippen LogP) is 3.83. The number of nitrogens with zero attached hydrogens (tertiary/aromatic N) is 4. The summed E-state index contributed by atoms with van der Waals surface area (Å²) in [7, 11) is 1.56. The summed E-state index contributed by atoms with van der Waals surface area (Å²) in [5.41, 5.74) is 1.05. The highest BCUT2D eigenvalue weighted by atomic mass is 16.5. The highest BCUT2D eigenvalue weighted by Gasteiger charge is 2.39. The number of rotatable bonds is 5. The molecule has 0 aliphatic carbocycles. The fourth-order valence-corrected chi connectivity index (χ4v) is 3.39. The average molecular weight is 393 g/mol. The number of nitrogens with one attached hydrogen (secondary N) is 1. The number of hydrogen-bond acceptors (Lipinski definition) is 8. The Morgan fingerprint density at radius 3 is 2.93 bits per heavy atom. The van der Waals surface area contributed by atoms with Crippen molar-refractivity contribution in [3.8, 4) is 17.2 Å². The fourth-order valence-electron chi connectivity index (χ4n) is 3.39. The minimum Gasteiger partial charge on any atom is -0.481 e. The van der Waals surface area contributed by atoms with Crippen LogP contribution in [0.5, 0.6) is 5.88 Å². The molecule has 3 aromatic rings. The molecule has 1 aliphatic rings. The van der Waals surface area contributed by atoms with E-state index in [4.69, 9.17) is 9.15 Å². The van der Waals surface area contributed by atoms with Gasteiger partial charge in [-0.15, -0.1) is 0 Å². The van der Waals surface area contributed by atoms with E-state index in [9.17, 15) is 4.79 Å². The van der Waals surface area contributed by atoms with Crippen molar-refractivity contribution in [1.29, 1.82) is 0 Å². The van der Waals surface area contributed by atoms with Crippen LogP contribution in [-0.2, 0) is 4.79 Å². The van der Waals surface area contributed by atoms with Crippen molar-refractivity contribution in [3.05, 3.63) is 42.7 Å². The topological polar surface area (TPSA) is 93.4 Å². The van der Waals surface area contributed by atoms with Crippen molar-refractivity contribution in [3.63, 3.8) is 0 Å². The molecule has 0 amide bonds. The molecule has 0 radical (unpaired) electrons. The van der Waals surface area contributed by atoms with Crippen LogP contribution in [0.15, 0.2) is 47.1 Å². The first-order valence-electron chi connectivity index (χ1n) is 9.48. The molecular formula is C21H23N5O3. The minimum atomic E-state index is -0.618. The van der Waals surface area contributed by atoms with Gasteiger partial charge in [0.15, 0.2) is 11.5 Å². The van der Waals surface area contributed by atoms with Gasteiger partial charge in [0.05, 0.1) is 18.8 Å². The van der Waals surface area contributed by atoms with Crippen LogP contribution in [0.3, 0.4) is 0 Å². The van der Waals surface area contributed by atoms with E-state index in [0.29, 0.717) is 30.0 Å². The average Bonchev–Trinajstić information content (AvgIpc) is 3.20. The molecule has 1 fully saturated rings. The summed E-state index contributed by atoms with van der Waals surface area (Å²) in [4.78, 5) is 27.1. The molecule has 0 unspecified atom stereocenters. The van der Waals surface area contributed by atoms with Gasteiger partial charge in [0, 0.05) is 36.5 Å². The lowest BCUT2D eigenvalue weighted by Gasteiger charge is -2.39. The molecule has 8 heteroatoms. The summed E-state index contributed by atoms with van der Waals surface area (Å²) in [6.07, 6.45) is 4.71. The number of ketones is 1. The quantitative estimate of drug-likeness (QED) is 0.699. The highest BCUT2D eigenvalue weighted by molar-refractivity contribution is 5.91. The minimum absolute atomic E-state index is 0.202. The number of hydrogen-bond donors (Lipinski definition) is 1. The first-order chi connectivity index (χ1) is 14.0. The van der Waals surface area contributed by atoms with Crippen molar-refractivity contribution < 1.29 is 13.9 Å². The van der Waals surface area contributed by atoms with Crippen LogP contribution < -0.4 is 15.0 Å². The first-order valence-corrected chi connectivity index (χ1v) is 9.48. The molecule has 0 saturated carbocycles. The smallest absolute Gasteiger partial charge is 0.298 e. The molecule has 4 rings (SSSR count). The van der Waals surface area contributed by atoms with Crippen molar-refractivity contribution in [2.45, 2.75) is 32.2 Å². The van der Waals surface area contributed by atoms with E-state index < -0.39 is 5.54 Å². The van der Waals surface area contributed by atoms with Gasteiger partial charge in [-0.1, -0.05) is 12.1 Å². The SMILES string of the molecule is COc1ccnc(Nc2cccc(-c3cnc(N4CCCC(=O)C4(C)C)o3)c2)n1. The zero-order valence-electron chi connectivity index (χ0n) is 16.7. The van der Waals surface area contributed by atoms with Crippen LogP contribution >= 0.6 is 0 Å². The van der Waals surface area contributed by atoms with E-state index in [1.54, 1.807) is 25.6 Å². The fraction of sp³-hybridized carbons (Fsp3) is 0.333. The largest absolute Gasteiger partial charge is 0.481 e. The number of benzene rings is 1. The van der Waals surface area contributed by atoms with Crippen molar-refractivity contribution in [1.82, 2.24) is 15.0 Å². The van der Waals surface area contributed by atoms with Crippen LogP contribution in [0.2, 0.25) is 0 Å². The molecular weight excluding hydrogens is 370 g/mol. The molecule has 2 aromatic heterocycles. The van der Waals surface area contributed by atoms with Crippen molar-refractivity contribution in [2.24, 2.45) is 0 Å². The molecule has 1 aliphatic heterocycles. The van der Waals surface area contributed by atoms with Crippen LogP contribution in [0.1, 0.15) is 26.7 Å². The maximum absolute atomic E-state index is 12.3. The maximum atomic E-state index is 12.3. The van der Waals surface area contributed by atoms with Crippen LogP contribution in [0.4, 0.5) is 17.7 Å². The molecule has 29 heavy (non-hydrogen) atoms. The zero-order chi connectivity index (χ0) is 20.4. The lowest BCUT2D eigenvalue weighted by Crippen LogP contribution is -2.54. The van der Waals surface area contributed by atoms with Gasteiger partial charge in [-0.25, -0.2) is 9.97 Å². The van der Waals surface area contributed by atoms with Gasteiger partial charge in [0.25, 0.3) is 6.01 Å². The number of carbonyl (C=O) groups is 1. The van der Waals surface area contributed by atoms with Gasteiger partial charge in [-0.3, -0.25) is 4.79 Å². The summed E-state index contributed by atoms with van der Waals surface area (Å²) >= 11 is 0. The number of oxazole rings is 1. The molecule has 0 spiro atoms. The number of methoxy groups -OCH3 is 1.